The Morgan fingerprint density at radius 3 is 2.50 bits per heavy atom. The fourth-order valence-electron chi connectivity index (χ4n) is 2.41. The summed E-state index contributed by atoms with van der Waals surface area (Å²) < 4.78 is 14.5. The van der Waals surface area contributed by atoms with Gasteiger partial charge in [-0.05, 0) is 12.1 Å². The highest BCUT2D eigenvalue weighted by Crippen LogP contribution is 2.32. The van der Waals surface area contributed by atoms with E-state index in [0.29, 0.717) is 11.4 Å². The van der Waals surface area contributed by atoms with E-state index in [-0.39, 0.29) is 24.4 Å². The van der Waals surface area contributed by atoms with E-state index in [0.717, 1.165) is 0 Å². The third kappa shape index (κ3) is 2.88. The van der Waals surface area contributed by atoms with Crippen molar-refractivity contribution in [3.05, 3.63) is 23.8 Å². The van der Waals surface area contributed by atoms with Crippen LogP contribution in [-0.2, 0) is 19.1 Å². The summed E-state index contributed by atoms with van der Waals surface area (Å²) >= 11 is 0. The number of rotatable bonds is 4. The lowest BCUT2D eigenvalue weighted by Crippen LogP contribution is -2.28. The first-order chi connectivity index (χ1) is 10.5. The SMILES string of the molecule is COC(=O)c1ccc(OC)cc1N1CC(C(=O)OC)CC1=O. The zero-order valence-corrected chi connectivity index (χ0v) is 12.6. The highest BCUT2D eigenvalue weighted by molar-refractivity contribution is 6.05. The lowest BCUT2D eigenvalue weighted by Gasteiger charge is -2.20. The van der Waals surface area contributed by atoms with Crippen LogP contribution in [0.15, 0.2) is 18.2 Å². The van der Waals surface area contributed by atoms with Crippen molar-refractivity contribution >= 4 is 23.5 Å². The van der Waals surface area contributed by atoms with Crippen molar-refractivity contribution in [1.29, 1.82) is 0 Å². The Bertz CT molecular complexity index is 612. The molecule has 2 rings (SSSR count). The molecule has 0 aliphatic carbocycles. The molecular formula is C15H17NO6. The monoisotopic (exact) mass is 307 g/mol. The van der Waals surface area contributed by atoms with Gasteiger partial charge in [0.15, 0.2) is 0 Å². The second-order valence-corrected chi connectivity index (χ2v) is 4.80. The predicted octanol–water partition coefficient (Wildman–Crippen LogP) is 1.01. The van der Waals surface area contributed by atoms with E-state index < -0.39 is 17.9 Å². The van der Waals surface area contributed by atoms with Crippen molar-refractivity contribution < 1.29 is 28.6 Å². The first-order valence-corrected chi connectivity index (χ1v) is 6.66. The van der Waals surface area contributed by atoms with Gasteiger partial charge in [-0.2, -0.15) is 0 Å². The maximum atomic E-state index is 12.2. The molecule has 1 aromatic rings. The summed E-state index contributed by atoms with van der Waals surface area (Å²) in [6.07, 6.45) is 0.0461. The van der Waals surface area contributed by atoms with E-state index in [1.807, 2.05) is 0 Å². The molecule has 1 unspecified atom stereocenters. The summed E-state index contributed by atoms with van der Waals surface area (Å²) in [5, 5.41) is 0. The molecule has 0 aromatic heterocycles. The van der Waals surface area contributed by atoms with Crippen molar-refractivity contribution in [1.82, 2.24) is 0 Å². The van der Waals surface area contributed by atoms with Crippen LogP contribution >= 0.6 is 0 Å². The fourth-order valence-corrected chi connectivity index (χ4v) is 2.41. The molecule has 0 spiro atoms. The number of amides is 1. The Balaban J connectivity index is 2.40. The third-order valence-electron chi connectivity index (χ3n) is 3.56. The Kier molecular flexibility index (Phi) is 4.65. The number of benzene rings is 1. The number of carbonyl (C=O) groups is 3. The Morgan fingerprint density at radius 2 is 1.91 bits per heavy atom. The second kappa shape index (κ2) is 6.46. The van der Waals surface area contributed by atoms with Crippen LogP contribution in [0.25, 0.3) is 0 Å². The van der Waals surface area contributed by atoms with Gasteiger partial charge in [-0.25, -0.2) is 4.79 Å². The molecule has 1 amide bonds. The van der Waals surface area contributed by atoms with Gasteiger partial charge in [0.05, 0.1) is 38.5 Å². The molecule has 0 bridgehead atoms. The minimum absolute atomic E-state index is 0.0461. The number of methoxy groups -OCH3 is 3. The second-order valence-electron chi connectivity index (χ2n) is 4.80. The predicted molar refractivity (Wildman–Crippen MR) is 76.8 cm³/mol. The van der Waals surface area contributed by atoms with Crippen molar-refractivity contribution in [2.75, 3.05) is 32.8 Å². The van der Waals surface area contributed by atoms with Crippen LogP contribution in [0.1, 0.15) is 16.8 Å². The van der Waals surface area contributed by atoms with Crippen molar-refractivity contribution in [2.45, 2.75) is 6.42 Å². The third-order valence-corrected chi connectivity index (χ3v) is 3.56. The summed E-state index contributed by atoms with van der Waals surface area (Å²) in [5.41, 5.74) is 0.602. The first-order valence-electron chi connectivity index (χ1n) is 6.66. The molecule has 1 fully saturated rings. The summed E-state index contributed by atoms with van der Waals surface area (Å²) in [6.45, 7) is 0.155. The molecular weight excluding hydrogens is 290 g/mol. The molecule has 0 radical (unpaired) electrons. The van der Waals surface area contributed by atoms with Crippen LogP contribution in [0.3, 0.4) is 0 Å². The molecule has 0 N–H and O–H groups in total. The average Bonchev–Trinajstić information content (AvgIpc) is 2.94. The van der Waals surface area contributed by atoms with Gasteiger partial charge in [0, 0.05) is 19.0 Å². The lowest BCUT2D eigenvalue weighted by atomic mass is 10.1. The van der Waals surface area contributed by atoms with Gasteiger partial charge >= 0.3 is 11.9 Å². The van der Waals surface area contributed by atoms with E-state index in [4.69, 9.17) is 9.47 Å². The molecule has 1 aromatic carbocycles. The fraction of sp³-hybridized carbons (Fsp3) is 0.400. The van der Waals surface area contributed by atoms with Crippen molar-refractivity contribution in [2.24, 2.45) is 5.92 Å². The summed E-state index contributed by atoms with van der Waals surface area (Å²) in [4.78, 5) is 37.1. The molecule has 1 aliphatic heterocycles. The first kappa shape index (κ1) is 15.8. The van der Waals surface area contributed by atoms with Gasteiger partial charge < -0.3 is 19.1 Å². The number of nitrogens with zero attached hydrogens (tertiary/aromatic N) is 1. The summed E-state index contributed by atoms with van der Waals surface area (Å²) in [6, 6.07) is 4.71. The van der Waals surface area contributed by atoms with E-state index in [9.17, 15) is 14.4 Å². The zero-order chi connectivity index (χ0) is 16.3. The van der Waals surface area contributed by atoms with E-state index in [1.165, 1.54) is 32.3 Å². The number of anilines is 1. The maximum absolute atomic E-state index is 12.2. The van der Waals surface area contributed by atoms with Crippen LogP contribution in [0, 0.1) is 5.92 Å². The Labute approximate surface area is 127 Å². The van der Waals surface area contributed by atoms with E-state index >= 15 is 0 Å². The molecule has 7 heteroatoms. The standard InChI is InChI=1S/C15H17NO6/c1-20-10-4-5-11(15(19)22-3)12(7-10)16-8-9(6-13(16)17)14(18)21-2/h4-5,7,9H,6,8H2,1-3H3. The van der Waals surface area contributed by atoms with Gasteiger partial charge in [-0.1, -0.05) is 0 Å². The highest BCUT2D eigenvalue weighted by Gasteiger charge is 2.37. The number of hydrogen-bond donors (Lipinski definition) is 0. The van der Waals surface area contributed by atoms with Gasteiger partial charge in [0.2, 0.25) is 5.91 Å². The largest absolute Gasteiger partial charge is 0.497 e. The number of carbonyl (C=O) groups excluding carboxylic acids is 3. The smallest absolute Gasteiger partial charge is 0.339 e. The highest BCUT2D eigenvalue weighted by atomic mass is 16.5. The number of esters is 2. The molecule has 22 heavy (non-hydrogen) atoms. The number of ether oxygens (including phenoxy) is 3. The van der Waals surface area contributed by atoms with Gasteiger partial charge in [-0.15, -0.1) is 0 Å². The molecule has 7 nitrogen and oxygen atoms in total. The zero-order valence-electron chi connectivity index (χ0n) is 12.6. The maximum Gasteiger partial charge on any atom is 0.339 e. The Hall–Kier alpha value is -2.57. The van der Waals surface area contributed by atoms with Crippen LogP contribution < -0.4 is 9.64 Å². The van der Waals surface area contributed by atoms with E-state index in [1.54, 1.807) is 12.1 Å². The molecule has 1 saturated heterocycles. The topological polar surface area (TPSA) is 82.1 Å². The average molecular weight is 307 g/mol. The molecule has 118 valence electrons. The summed E-state index contributed by atoms with van der Waals surface area (Å²) in [5.74, 6) is -1.31. The van der Waals surface area contributed by atoms with Crippen LogP contribution in [0.5, 0.6) is 5.75 Å². The van der Waals surface area contributed by atoms with Crippen LogP contribution in [-0.4, -0.2) is 45.7 Å². The minimum atomic E-state index is -0.563. The molecule has 1 aliphatic rings. The van der Waals surface area contributed by atoms with Gasteiger partial charge in [0.1, 0.15) is 5.75 Å². The van der Waals surface area contributed by atoms with Gasteiger partial charge in [0.25, 0.3) is 0 Å². The quantitative estimate of drug-likeness (QED) is 0.772. The van der Waals surface area contributed by atoms with E-state index in [2.05, 4.69) is 4.74 Å². The minimum Gasteiger partial charge on any atom is -0.497 e. The molecule has 1 atom stereocenters. The molecule has 0 saturated carbocycles. The Morgan fingerprint density at radius 1 is 1.18 bits per heavy atom. The van der Waals surface area contributed by atoms with Crippen LogP contribution in [0.4, 0.5) is 5.69 Å². The van der Waals surface area contributed by atoms with Crippen molar-refractivity contribution in [3.63, 3.8) is 0 Å². The van der Waals surface area contributed by atoms with Gasteiger partial charge in [-0.3, -0.25) is 9.59 Å². The summed E-state index contributed by atoms with van der Waals surface area (Å²) in [7, 11) is 4.03. The number of hydrogen-bond acceptors (Lipinski definition) is 6. The van der Waals surface area contributed by atoms with Crippen molar-refractivity contribution in [3.8, 4) is 5.75 Å². The normalized spacial score (nSPS) is 17.3. The van der Waals surface area contributed by atoms with Crippen LogP contribution in [0.2, 0.25) is 0 Å². The lowest BCUT2D eigenvalue weighted by molar-refractivity contribution is -0.145. The molecule has 1 heterocycles.